The first kappa shape index (κ1) is 12.7. The Morgan fingerprint density at radius 3 is 2.00 bits per heavy atom. The highest BCUT2D eigenvalue weighted by molar-refractivity contribution is 6.22. The summed E-state index contributed by atoms with van der Waals surface area (Å²) in [7, 11) is 0. The summed E-state index contributed by atoms with van der Waals surface area (Å²) < 4.78 is 0. The van der Waals surface area contributed by atoms with Gasteiger partial charge in [0.1, 0.15) is 0 Å². The van der Waals surface area contributed by atoms with Crippen LogP contribution in [0, 0.1) is 23.7 Å². The predicted octanol–water partition coefficient (Wildman–Crippen LogP) is 2.42. The van der Waals surface area contributed by atoms with Crippen molar-refractivity contribution >= 4 is 23.3 Å². The number of rotatable bonds is 2. The Bertz CT molecular complexity index is 621. The van der Waals surface area contributed by atoms with Gasteiger partial charge in [0, 0.05) is 5.56 Å². The van der Waals surface area contributed by atoms with E-state index >= 15 is 0 Å². The zero-order valence-corrected chi connectivity index (χ0v) is 11.9. The van der Waals surface area contributed by atoms with E-state index in [-0.39, 0.29) is 29.4 Å². The maximum atomic E-state index is 12.6. The summed E-state index contributed by atoms with van der Waals surface area (Å²) in [5.74, 6) is 0.527. The van der Waals surface area contributed by atoms with Gasteiger partial charge in [0.2, 0.25) is 11.8 Å². The lowest BCUT2D eigenvalue weighted by Crippen LogP contribution is -2.32. The van der Waals surface area contributed by atoms with Crippen LogP contribution in [0.25, 0.3) is 0 Å². The summed E-state index contributed by atoms with van der Waals surface area (Å²) in [6.07, 6.45) is 3.22. The van der Waals surface area contributed by atoms with Gasteiger partial charge in [-0.05, 0) is 62.3 Å². The van der Waals surface area contributed by atoms with Crippen molar-refractivity contribution in [2.24, 2.45) is 23.7 Å². The highest BCUT2D eigenvalue weighted by atomic mass is 16.2. The molecule has 3 fully saturated rings. The molecular weight excluding hydrogens is 266 g/mol. The fourth-order valence-electron chi connectivity index (χ4n) is 4.51. The second kappa shape index (κ2) is 4.26. The third-order valence-electron chi connectivity index (χ3n) is 5.46. The highest BCUT2D eigenvalue weighted by Gasteiger charge is 2.61. The SMILES string of the molecule is CC(=O)c1ccc(N2C(=O)C3C4CCC(C4)C3C2=O)cc1. The first-order valence-corrected chi connectivity index (χ1v) is 7.56. The molecule has 4 nitrogen and oxygen atoms in total. The van der Waals surface area contributed by atoms with Crippen LogP contribution >= 0.6 is 0 Å². The van der Waals surface area contributed by atoms with Gasteiger partial charge < -0.3 is 0 Å². The summed E-state index contributed by atoms with van der Waals surface area (Å²) in [6, 6.07) is 6.77. The maximum absolute atomic E-state index is 12.6. The van der Waals surface area contributed by atoms with Crippen molar-refractivity contribution in [2.45, 2.75) is 26.2 Å². The third-order valence-corrected chi connectivity index (χ3v) is 5.46. The molecule has 2 aliphatic carbocycles. The Morgan fingerprint density at radius 1 is 1.00 bits per heavy atom. The minimum absolute atomic E-state index is 0.0180. The van der Waals surface area contributed by atoms with Gasteiger partial charge in [0.15, 0.2) is 5.78 Å². The summed E-state index contributed by atoms with van der Waals surface area (Å²) in [5.41, 5.74) is 1.20. The van der Waals surface area contributed by atoms with Crippen molar-refractivity contribution in [3.8, 4) is 0 Å². The van der Waals surface area contributed by atoms with E-state index in [9.17, 15) is 14.4 Å². The second-order valence-corrected chi connectivity index (χ2v) is 6.50. The fraction of sp³-hybridized carbons (Fsp3) is 0.471. The molecule has 0 N–H and O–H groups in total. The van der Waals surface area contributed by atoms with E-state index in [1.54, 1.807) is 24.3 Å². The van der Waals surface area contributed by atoms with Gasteiger partial charge in [-0.25, -0.2) is 0 Å². The molecule has 4 rings (SSSR count). The molecule has 4 heteroatoms. The molecule has 2 bridgehead atoms. The van der Waals surface area contributed by atoms with E-state index in [0.717, 1.165) is 19.3 Å². The number of carbonyl (C=O) groups excluding carboxylic acids is 3. The number of hydrogen-bond donors (Lipinski definition) is 0. The Hall–Kier alpha value is -1.97. The second-order valence-electron chi connectivity index (χ2n) is 6.50. The number of carbonyl (C=O) groups is 3. The zero-order chi connectivity index (χ0) is 14.7. The minimum Gasteiger partial charge on any atom is -0.295 e. The number of nitrogens with zero attached hydrogens (tertiary/aromatic N) is 1. The van der Waals surface area contributed by atoms with Crippen molar-refractivity contribution in [2.75, 3.05) is 4.90 Å². The van der Waals surface area contributed by atoms with E-state index < -0.39 is 0 Å². The number of Topliss-reactive ketones (excluding diaryl/α,β-unsaturated/α-hetero) is 1. The van der Waals surface area contributed by atoms with E-state index in [0.29, 0.717) is 23.1 Å². The normalized spacial score (nSPS) is 33.7. The van der Waals surface area contributed by atoms with Gasteiger partial charge in [-0.15, -0.1) is 0 Å². The highest BCUT2D eigenvalue weighted by Crippen LogP contribution is 2.56. The van der Waals surface area contributed by atoms with Gasteiger partial charge in [-0.3, -0.25) is 19.3 Å². The molecule has 4 atom stereocenters. The van der Waals surface area contributed by atoms with Gasteiger partial charge in [-0.1, -0.05) is 0 Å². The Labute approximate surface area is 123 Å². The maximum Gasteiger partial charge on any atom is 0.237 e. The summed E-state index contributed by atoms with van der Waals surface area (Å²) in [6.45, 7) is 1.50. The zero-order valence-electron chi connectivity index (χ0n) is 11.9. The van der Waals surface area contributed by atoms with Crippen LogP contribution in [0.1, 0.15) is 36.5 Å². The predicted molar refractivity (Wildman–Crippen MR) is 76.8 cm³/mol. The van der Waals surface area contributed by atoms with Gasteiger partial charge in [0.05, 0.1) is 17.5 Å². The summed E-state index contributed by atoms with van der Waals surface area (Å²) >= 11 is 0. The molecule has 1 saturated heterocycles. The van der Waals surface area contributed by atoms with Crippen molar-refractivity contribution in [1.29, 1.82) is 0 Å². The number of amides is 2. The molecular formula is C17H17NO3. The first-order chi connectivity index (χ1) is 10.1. The lowest BCUT2D eigenvalue weighted by atomic mass is 9.81. The van der Waals surface area contributed by atoms with Gasteiger partial charge in [0.25, 0.3) is 0 Å². The van der Waals surface area contributed by atoms with Crippen molar-refractivity contribution in [3.05, 3.63) is 29.8 Å². The summed E-state index contributed by atoms with van der Waals surface area (Å²) in [5, 5.41) is 0. The molecule has 4 unspecified atom stereocenters. The van der Waals surface area contributed by atoms with Crippen molar-refractivity contribution in [3.63, 3.8) is 0 Å². The Morgan fingerprint density at radius 2 is 1.52 bits per heavy atom. The largest absolute Gasteiger partial charge is 0.295 e. The Balaban J connectivity index is 1.68. The third kappa shape index (κ3) is 1.65. The lowest BCUT2D eigenvalue weighted by Gasteiger charge is -2.19. The van der Waals surface area contributed by atoms with Gasteiger partial charge in [-0.2, -0.15) is 0 Å². The topological polar surface area (TPSA) is 54.5 Å². The average Bonchev–Trinajstić information content (AvgIpc) is 3.13. The monoisotopic (exact) mass is 283 g/mol. The van der Waals surface area contributed by atoms with E-state index in [1.165, 1.54) is 11.8 Å². The molecule has 1 aromatic rings. The van der Waals surface area contributed by atoms with Gasteiger partial charge >= 0.3 is 0 Å². The van der Waals surface area contributed by atoms with E-state index in [4.69, 9.17) is 0 Å². The van der Waals surface area contributed by atoms with Crippen LogP contribution in [0.2, 0.25) is 0 Å². The van der Waals surface area contributed by atoms with Crippen molar-refractivity contribution in [1.82, 2.24) is 0 Å². The van der Waals surface area contributed by atoms with Crippen LogP contribution in [0.5, 0.6) is 0 Å². The van der Waals surface area contributed by atoms with Crippen LogP contribution in [-0.4, -0.2) is 17.6 Å². The van der Waals surface area contributed by atoms with Crippen LogP contribution in [0.15, 0.2) is 24.3 Å². The lowest BCUT2D eigenvalue weighted by molar-refractivity contribution is -0.123. The van der Waals surface area contributed by atoms with E-state index in [1.807, 2.05) is 0 Å². The smallest absolute Gasteiger partial charge is 0.237 e. The fourth-order valence-corrected chi connectivity index (χ4v) is 4.51. The molecule has 1 heterocycles. The van der Waals surface area contributed by atoms with Crippen LogP contribution < -0.4 is 4.90 Å². The number of hydrogen-bond acceptors (Lipinski definition) is 3. The average molecular weight is 283 g/mol. The van der Waals surface area contributed by atoms with Crippen LogP contribution in [-0.2, 0) is 9.59 Å². The van der Waals surface area contributed by atoms with Crippen LogP contribution in [0.3, 0.4) is 0 Å². The first-order valence-electron chi connectivity index (χ1n) is 7.56. The molecule has 2 saturated carbocycles. The van der Waals surface area contributed by atoms with E-state index in [2.05, 4.69) is 0 Å². The molecule has 0 radical (unpaired) electrons. The summed E-state index contributed by atoms with van der Waals surface area (Å²) in [4.78, 5) is 38.0. The number of fused-ring (bicyclic) bond motifs is 5. The number of anilines is 1. The molecule has 108 valence electrons. The Kier molecular flexibility index (Phi) is 2.59. The minimum atomic E-state index is -0.0938. The van der Waals surface area contributed by atoms with Crippen molar-refractivity contribution < 1.29 is 14.4 Å². The standard InChI is InChI=1S/C17H17NO3/c1-9(19)10-4-6-13(7-5-10)18-16(20)14-11-2-3-12(8-11)15(14)17(18)21/h4-7,11-12,14-15H,2-3,8H2,1H3. The molecule has 21 heavy (non-hydrogen) atoms. The number of ketones is 1. The molecule has 2 amide bonds. The van der Waals surface area contributed by atoms with Crippen LogP contribution in [0.4, 0.5) is 5.69 Å². The molecule has 0 spiro atoms. The molecule has 0 aromatic heterocycles. The quantitative estimate of drug-likeness (QED) is 0.618. The molecule has 3 aliphatic rings. The number of benzene rings is 1. The molecule has 1 aromatic carbocycles. The number of imide groups is 1. The molecule has 1 aliphatic heterocycles.